The van der Waals surface area contributed by atoms with Gasteiger partial charge in [-0.3, -0.25) is 14.5 Å². The fourth-order valence-corrected chi connectivity index (χ4v) is 3.40. The van der Waals surface area contributed by atoms with Crippen molar-refractivity contribution in [3.05, 3.63) is 0 Å². The largest absolute Gasteiger partial charge is 0.348 e. The standard InChI is InChI=1S/C16H28N4O3/c1-10(2)7-15(3,9-17)18-12(21)8-20-13(22)16(4,11-5-6-11)19-14(20)23/h10-11H,5-9,17H2,1-4H3,(H,18,21)(H,19,23). The van der Waals surface area contributed by atoms with Crippen molar-refractivity contribution >= 4 is 17.8 Å². The summed E-state index contributed by atoms with van der Waals surface area (Å²) in [4.78, 5) is 37.9. The number of hydrogen-bond donors (Lipinski definition) is 3. The second-order valence-electron chi connectivity index (χ2n) is 7.71. The molecular weight excluding hydrogens is 296 g/mol. The highest BCUT2D eigenvalue weighted by molar-refractivity contribution is 6.09. The van der Waals surface area contributed by atoms with Gasteiger partial charge in [0.1, 0.15) is 12.1 Å². The Balaban J connectivity index is 2.00. The predicted octanol–water partition coefficient (Wildman–Crippen LogP) is 0.587. The van der Waals surface area contributed by atoms with Gasteiger partial charge in [-0.25, -0.2) is 4.79 Å². The fourth-order valence-electron chi connectivity index (χ4n) is 3.40. The number of rotatable bonds is 7. The third kappa shape index (κ3) is 3.65. The first-order valence-electron chi connectivity index (χ1n) is 8.26. The molecule has 0 aromatic rings. The van der Waals surface area contributed by atoms with E-state index in [-0.39, 0.29) is 24.3 Å². The maximum atomic E-state index is 12.5. The van der Waals surface area contributed by atoms with Crippen LogP contribution in [-0.2, 0) is 9.59 Å². The van der Waals surface area contributed by atoms with Crippen LogP contribution >= 0.6 is 0 Å². The molecule has 2 unspecified atom stereocenters. The van der Waals surface area contributed by atoms with Gasteiger partial charge in [0.2, 0.25) is 5.91 Å². The highest BCUT2D eigenvalue weighted by Gasteiger charge is 2.56. The monoisotopic (exact) mass is 324 g/mol. The average molecular weight is 324 g/mol. The Kier molecular flexibility index (Phi) is 4.71. The van der Waals surface area contributed by atoms with E-state index in [2.05, 4.69) is 24.5 Å². The van der Waals surface area contributed by atoms with Crippen LogP contribution in [0.15, 0.2) is 0 Å². The summed E-state index contributed by atoms with van der Waals surface area (Å²) in [5, 5.41) is 5.62. The van der Waals surface area contributed by atoms with Crippen LogP contribution in [0.2, 0.25) is 0 Å². The van der Waals surface area contributed by atoms with Gasteiger partial charge >= 0.3 is 6.03 Å². The Bertz CT molecular complexity index is 517. The molecule has 130 valence electrons. The quantitative estimate of drug-likeness (QED) is 0.596. The number of carbonyl (C=O) groups excluding carboxylic acids is 3. The SMILES string of the molecule is CC(C)CC(C)(CN)NC(=O)CN1C(=O)NC(C)(C2CC2)C1=O. The van der Waals surface area contributed by atoms with Crippen LogP contribution < -0.4 is 16.4 Å². The minimum atomic E-state index is -0.855. The van der Waals surface area contributed by atoms with E-state index in [1.165, 1.54) is 0 Å². The first-order valence-corrected chi connectivity index (χ1v) is 8.26. The third-order valence-electron chi connectivity index (χ3n) is 4.75. The Labute approximate surface area is 137 Å². The van der Waals surface area contributed by atoms with Gasteiger partial charge in [0.05, 0.1) is 0 Å². The summed E-state index contributed by atoms with van der Waals surface area (Å²) in [5.74, 6) is -0.110. The summed E-state index contributed by atoms with van der Waals surface area (Å²) in [7, 11) is 0. The summed E-state index contributed by atoms with van der Waals surface area (Å²) in [6.07, 6.45) is 2.60. The zero-order valence-corrected chi connectivity index (χ0v) is 14.4. The van der Waals surface area contributed by atoms with Crippen molar-refractivity contribution < 1.29 is 14.4 Å². The van der Waals surface area contributed by atoms with Crippen LogP contribution in [0.1, 0.15) is 47.0 Å². The van der Waals surface area contributed by atoms with Crippen molar-refractivity contribution in [2.75, 3.05) is 13.1 Å². The lowest BCUT2D eigenvalue weighted by atomic mass is 9.90. The van der Waals surface area contributed by atoms with Gasteiger partial charge in [0, 0.05) is 12.1 Å². The van der Waals surface area contributed by atoms with Crippen molar-refractivity contribution in [3.8, 4) is 0 Å². The number of urea groups is 1. The molecule has 23 heavy (non-hydrogen) atoms. The highest BCUT2D eigenvalue weighted by atomic mass is 16.2. The van der Waals surface area contributed by atoms with Gasteiger partial charge < -0.3 is 16.4 Å². The van der Waals surface area contributed by atoms with Crippen LogP contribution in [0.4, 0.5) is 4.79 Å². The molecule has 2 aliphatic rings. The predicted molar refractivity (Wildman–Crippen MR) is 86.4 cm³/mol. The van der Waals surface area contributed by atoms with E-state index in [9.17, 15) is 14.4 Å². The summed E-state index contributed by atoms with van der Waals surface area (Å²) in [5.41, 5.74) is 4.39. The molecule has 1 heterocycles. The Morgan fingerprint density at radius 2 is 2.09 bits per heavy atom. The summed E-state index contributed by atoms with van der Waals surface area (Å²) in [6.45, 7) is 7.77. The van der Waals surface area contributed by atoms with Crippen molar-refractivity contribution in [3.63, 3.8) is 0 Å². The highest BCUT2D eigenvalue weighted by Crippen LogP contribution is 2.42. The molecule has 0 spiro atoms. The van der Waals surface area contributed by atoms with Gasteiger partial charge in [-0.1, -0.05) is 13.8 Å². The molecule has 1 aliphatic carbocycles. The minimum absolute atomic E-state index is 0.183. The molecular formula is C16H28N4O3. The second-order valence-corrected chi connectivity index (χ2v) is 7.71. The van der Waals surface area contributed by atoms with Gasteiger partial charge in [0.15, 0.2) is 0 Å². The minimum Gasteiger partial charge on any atom is -0.348 e. The number of hydrogen-bond acceptors (Lipinski definition) is 4. The van der Waals surface area contributed by atoms with Crippen LogP contribution in [0.3, 0.4) is 0 Å². The summed E-state index contributed by atoms with van der Waals surface area (Å²) < 4.78 is 0. The Hall–Kier alpha value is -1.63. The lowest BCUT2D eigenvalue weighted by Gasteiger charge is -2.31. The zero-order valence-electron chi connectivity index (χ0n) is 14.4. The van der Waals surface area contributed by atoms with Crippen molar-refractivity contribution in [1.29, 1.82) is 0 Å². The molecule has 2 fully saturated rings. The molecule has 4 amide bonds. The van der Waals surface area contributed by atoms with Gasteiger partial charge in [0.25, 0.3) is 5.91 Å². The van der Waals surface area contributed by atoms with Crippen molar-refractivity contribution in [2.45, 2.75) is 58.0 Å². The molecule has 0 radical (unpaired) electrons. The van der Waals surface area contributed by atoms with E-state index in [0.717, 1.165) is 24.2 Å². The van der Waals surface area contributed by atoms with Crippen molar-refractivity contribution in [2.24, 2.45) is 17.6 Å². The summed E-state index contributed by atoms with van der Waals surface area (Å²) in [6, 6.07) is -0.488. The van der Waals surface area contributed by atoms with Gasteiger partial charge in [-0.15, -0.1) is 0 Å². The van der Waals surface area contributed by atoms with E-state index in [0.29, 0.717) is 12.5 Å². The molecule has 0 aromatic heterocycles. The number of amides is 4. The first-order chi connectivity index (χ1) is 10.6. The van der Waals surface area contributed by atoms with Crippen LogP contribution in [0.25, 0.3) is 0 Å². The smallest absolute Gasteiger partial charge is 0.325 e. The lowest BCUT2D eigenvalue weighted by molar-refractivity contribution is -0.135. The zero-order chi connectivity index (χ0) is 17.4. The molecule has 0 bridgehead atoms. The van der Waals surface area contributed by atoms with E-state index in [1.807, 2.05) is 6.92 Å². The van der Waals surface area contributed by atoms with Crippen molar-refractivity contribution in [1.82, 2.24) is 15.5 Å². The third-order valence-corrected chi connectivity index (χ3v) is 4.75. The topological polar surface area (TPSA) is 105 Å². The molecule has 2 atom stereocenters. The molecule has 1 saturated heterocycles. The number of nitrogens with zero attached hydrogens (tertiary/aromatic N) is 1. The molecule has 1 aliphatic heterocycles. The molecule has 2 rings (SSSR count). The number of imide groups is 1. The summed E-state index contributed by atoms with van der Waals surface area (Å²) >= 11 is 0. The number of carbonyl (C=O) groups is 3. The van der Waals surface area contributed by atoms with E-state index in [1.54, 1.807) is 6.92 Å². The Morgan fingerprint density at radius 1 is 1.48 bits per heavy atom. The maximum absolute atomic E-state index is 12.5. The first kappa shape index (κ1) is 17.7. The fraction of sp³-hybridized carbons (Fsp3) is 0.812. The van der Waals surface area contributed by atoms with Crippen LogP contribution in [0.5, 0.6) is 0 Å². The average Bonchev–Trinajstić information content (AvgIpc) is 3.24. The molecule has 0 aromatic carbocycles. The molecule has 4 N–H and O–H groups in total. The van der Waals surface area contributed by atoms with Gasteiger partial charge in [-0.2, -0.15) is 0 Å². The van der Waals surface area contributed by atoms with E-state index >= 15 is 0 Å². The number of nitrogens with two attached hydrogens (primary N) is 1. The molecule has 7 heteroatoms. The second kappa shape index (κ2) is 6.11. The molecule has 7 nitrogen and oxygen atoms in total. The molecule has 1 saturated carbocycles. The van der Waals surface area contributed by atoms with Crippen LogP contribution in [0, 0.1) is 11.8 Å². The Morgan fingerprint density at radius 3 is 2.57 bits per heavy atom. The van der Waals surface area contributed by atoms with Gasteiger partial charge in [-0.05, 0) is 44.9 Å². The normalized spacial score (nSPS) is 27.1. The number of nitrogens with one attached hydrogen (secondary N) is 2. The van der Waals surface area contributed by atoms with Crippen LogP contribution in [-0.4, -0.2) is 46.9 Å². The van der Waals surface area contributed by atoms with E-state index < -0.39 is 17.1 Å². The van der Waals surface area contributed by atoms with E-state index in [4.69, 9.17) is 5.73 Å². The lowest BCUT2D eigenvalue weighted by Crippen LogP contribution is -2.55. The maximum Gasteiger partial charge on any atom is 0.325 e.